The predicted molar refractivity (Wildman–Crippen MR) is 71.2 cm³/mol. The van der Waals surface area contributed by atoms with Gasteiger partial charge in [-0.2, -0.15) is 0 Å². The highest BCUT2D eigenvalue weighted by molar-refractivity contribution is 4.77. The lowest BCUT2D eigenvalue weighted by molar-refractivity contribution is 0.188. The summed E-state index contributed by atoms with van der Waals surface area (Å²) in [4.78, 5) is 0. The topological polar surface area (TPSA) is 0 Å². The van der Waals surface area contributed by atoms with Crippen LogP contribution in [0.3, 0.4) is 0 Å². The summed E-state index contributed by atoms with van der Waals surface area (Å²) in [6.07, 6.45) is 9.59. The summed E-state index contributed by atoms with van der Waals surface area (Å²) in [6, 6.07) is 0. The van der Waals surface area contributed by atoms with Gasteiger partial charge in [0.05, 0.1) is 0 Å². The highest BCUT2D eigenvalue weighted by Crippen LogP contribution is 2.39. The molecule has 0 aliphatic carbocycles. The van der Waals surface area contributed by atoms with E-state index in [2.05, 4.69) is 41.5 Å². The first-order valence-corrected chi connectivity index (χ1v) is 6.89. The highest BCUT2D eigenvalue weighted by Gasteiger charge is 2.25. The summed E-state index contributed by atoms with van der Waals surface area (Å²) in [7, 11) is 0. The maximum absolute atomic E-state index is 2.49. The van der Waals surface area contributed by atoms with E-state index in [4.69, 9.17) is 0 Å². The van der Waals surface area contributed by atoms with E-state index >= 15 is 0 Å². The lowest BCUT2D eigenvalue weighted by Gasteiger charge is -2.33. The van der Waals surface area contributed by atoms with E-state index in [1.54, 1.807) is 0 Å². The van der Waals surface area contributed by atoms with Gasteiger partial charge in [0.2, 0.25) is 0 Å². The molecule has 92 valence electrons. The summed E-state index contributed by atoms with van der Waals surface area (Å²) >= 11 is 0. The Hall–Kier alpha value is 0. The van der Waals surface area contributed by atoms with Crippen molar-refractivity contribution in [2.24, 2.45) is 10.8 Å². The quantitative estimate of drug-likeness (QED) is 0.476. The molecule has 0 unspecified atom stereocenters. The third kappa shape index (κ3) is 6.22. The zero-order valence-electron chi connectivity index (χ0n) is 11.9. The number of rotatable bonds is 8. The molecule has 0 spiro atoms. The molecule has 0 heterocycles. The van der Waals surface area contributed by atoms with Crippen LogP contribution >= 0.6 is 0 Å². The summed E-state index contributed by atoms with van der Waals surface area (Å²) < 4.78 is 0. The molecular formula is C15H32. The monoisotopic (exact) mass is 212 g/mol. The minimum absolute atomic E-state index is 0.544. The van der Waals surface area contributed by atoms with Gasteiger partial charge >= 0.3 is 0 Å². The van der Waals surface area contributed by atoms with Crippen LogP contribution in [0.1, 0.15) is 86.5 Å². The normalized spacial score (nSPS) is 13.2. The first-order valence-electron chi connectivity index (χ1n) is 6.89. The van der Waals surface area contributed by atoms with Gasteiger partial charge in [-0.15, -0.1) is 0 Å². The molecular weight excluding hydrogens is 180 g/mol. The lowest BCUT2D eigenvalue weighted by atomic mass is 9.72. The van der Waals surface area contributed by atoms with E-state index in [1.807, 2.05) is 0 Å². The van der Waals surface area contributed by atoms with Crippen LogP contribution in [-0.4, -0.2) is 0 Å². The fourth-order valence-corrected chi connectivity index (χ4v) is 2.40. The Bertz CT molecular complexity index is 149. The smallest absolute Gasteiger partial charge is 0.0326 e. The standard InChI is InChI=1S/C15H32/c1-7-10-15(6,11-8-2)13-12-14(4,5)9-3/h7-13H2,1-6H3. The molecule has 0 bridgehead atoms. The zero-order chi connectivity index (χ0) is 11.9. The molecule has 0 aromatic heterocycles. The van der Waals surface area contributed by atoms with E-state index in [9.17, 15) is 0 Å². The molecule has 0 saturated carbocycles. The molecule has 0 nitrogen and oxygen atoms in total. The van der Waals surface area contributed by atoms with E-state index in [1.165, 1.54) is 44.9 Å². The fourth-order valence-electron chi connectivity index (χ4n) is 2.40. The van der Waals surface area contributed by atoms with Crippen LogP contribution in [0.5, 0.6) is 0 Å². The first kappa shape index (κ1) is 15.0. The summed E-state index contributed by atoms with van der Waals surface area (Å²) in [5.41, 5.74) is 1.15. The van der Waals surface area contributed by atoms with Crippen LogP contribution in [0.15, 0.2) is 0 Å². The molecule has 0 rings (SSSR count). The Morgan fingerprint density at radius 1 is 0.667 bits per heavy atom. The molecule has 0 aromatic rings. The molecule has 0 aliphatic heterocycles. The second kappa shape index (κ2) is 6.55. The van der Waals surface area contributed by atoms with Crippen molar-refractivity contribution in [2.75, 3.05) is 0 Å². The Labute approximate surface area is 97.8 Å². The summed E-state index contributed by atoms with van der Waals surface area (Å²) in [5.74, 6) is 0. The minimum atomic E-state index is 0.544. The average Bonchev–Trinajstić information content (AvgIpc) is 2.16. The number of hydrogen-bond acceptors (Lipinski definition) is 0. The van der Waals surface area contributed by atoms with Gasteiger partial charge in [-0.05, 0) is 36.5 Å². The maximum atomic E-state index is 2.49. The predicted octanol–water partition coefficient (Wildman–Crippen LogP) is 5.81. The summed E-state index contributed by atoms with van der Waals surface area (Å²) in [5, 5.41) is 0. The van der Waals surface area contributed by atoms with Crippen LogP contribution in [0.25, 0.3) is 0 Å². The van der Waals surface area contributed by atoms with Gasteiger partial charge in [0, 0.05) is 0 Å². The van der Waals surface area contributed by atoms with Gasteiger partial charge in [-0.3, -0.25) is 0 Å². The van der Waals surface area contributed by atoms with Crippen LogP contribution in [0.2, 0.25) is 0 Å². The molecule has 0 aliphatic rings. The second-order valence-electron chi connectivity index (χ2n) is 6.33. The van der Waals surface area contributed by atoms with Gasteiger partial charge in [-0.1, -0.05) is 60.8 Å². The molecule has 0 amide bonds. The van der Waals surface area contributed by atoms with Crippen molar-refractivity contribution in [3.8, 4) is 0 Å². The van der Waals surface area contributed by atoms with Crippen LogP contribution < -0.4 is 0 Å². The molecule has 0 atom stereocenters. The Balaban J connectivity index is 4.17. The molecule has 0 aromatic carbocycles. The number of hydrogen-bond donors (Lipinski definition) is 0. The van der Waals surface area contributed by atoms with Crippen molar-refractivity contribution in [1.82, 2.24) is 0 Å². The van der Waals surface area contributed by atoms with E-state index in [-0.39, 0.29) is 0 Å². The van der Waals surface area contributed by atoms with E-state index in [0.29, 0.717) is 10.8 Å². The van der Waals surface area contributed by atoms with Crippen molar-refractivity contribution in [2.45, 2.75) is 86.5 Å². The van der Waals surface area contributed by atoms with E-state index in [0.717, 1.165) is 0 Å². The van der Waals surface area contributed by atoms with Crippen molar-refractivity contribution in [3.05, 3.63) is 0 Å². The summed E-state index contributed by atoms with van der Waals surface area (Å²) in [6.45, 7) is 14.3. The van der Waals surface area contributed by atoms with Gasteiger partial charge in [-0.25, -0.2) is 0 Å². The second-order valence-corrected chi connectivity index (χ2v) is 6.33. The van der Waals surface area contributed by atoms with E-state index < -0.39 is 0 Å². The third-order valence-corrected chi connectivity index (χ3v) is 4.07. The average molecular weight is 212 g/mol. The fraction of sp³-hybridized carbons (Fsp3) is 1.00. The van der Waals surface area contributed by atoms with Crippen LogP contribution in [0.4, 0.5) is 0 Å². The third-order valence-electron chi connectivity index (χ3n) is 4.07. The van der Waals surface area contributed by atoms with Crippen molar-refractivity contribution >= 4 is 0 Å². The van der Waals surface area contributed by atoms with Crippen LogP contribution in [0, 0.1) is 10.8 Å². The molecule has 0 radical (unpaired) electrons. The first-order chi connectivity index (χ1) is 6.89. The zero-order valence-corrected chi connectivity index (χ0v) is 11.9. The largest absolute Gasteiger partial charge is 0.0654 e. The maximum Gasteiger partial charge on any atom is -0.0326 e. The molecule has 0 N–H and O–H groups in total. The van der Waals surface area contributed by atoms with Gasteiger partial charge in [0.1, 0.15) is 0 Å². The van der Waals surface area contributed by atoms with Gasteiger partial charge in [0.25, 0.3) is 0 Å². The Morgan fingerprint density at radius 2 is 1.13 bits per heavy atom. The van der Waals surface area contributed by atoms with Crippen molar-refractivity contribution in [1.29, 1.82) is 0 Å². The molecule has 15 heavy (non-hydrogen) atoms. The SMILES string of the molecule is CCCC(C)(CCC)CCC(C)(C)CC. The van der Waals surface area contributed by atoms with Crippen molar-refractivity contribution < 1.29 is 0 Å². The highest BCUT2D eigenvalue weighted by atomic mass is 14.3. The molecule has 0 saturated heterocycles. The van der Waals surface area contributed by atoms with Gasteiger partial charge in [0.15, 0.2) is 0 Å². The Morgan fingerprint density at radius 3 is 1.47 bits per heavy atom. The molecule has 0 fully saturated rings. The lowest BCUT2D eigenvalue weighted by Crippen LogP contribution is -2.20. The van der Waals surface area contributed by atoms with Crippen molar-refractivity contribution in [3.63, 3.8) is 0 Å². The Kier molecular flexibility index (Phi) is 6.55. The molecule has 0 heteroatoms. The van der Waals surface area contributed by atoms with Crippen LogP contribution in [-0.2, 0) is 0 Å². The van der Waals surface area contributed by atoms with Gasteiger partial charge < -0.3 is 0 Å². The minimum Gasteiger partial charge on any atom is -0.0654 e.